The highest BCUT2D eigenvalue weighted by molar-refractivity contribution is 7.99. The number of carbonyl (C=O) groups is 1. The first-order valence-electron chi connectivity index (χ1n) is 4.67. The molecule has 0 fully saturated rings. The summed E-state index contributed by atoms with van der Waals surface area (Å²) in [6.07, 6.45) is 1.45. The van der Waals surface area contributed by atoms with Crippen molar-refractivity contribution in [1.29, 1.82) is 5.26 Å². The molecule has 90 valence electrons. The fourth-order valence-electron chi connectivity index (χ4n) is 1.17. The number of carboxylic acids is 1. The number of rotatable bonds is 3. The summed E-state index contributed by atoms with van der Waals surface area (Å²) in [5, 5.41) is 18.5. The van der Waals surface area contributed by atoms with Gasteiger partial charge >= 0.3 is 5.97 Å². The minimum atomic E-state index is -1.15. The van der Waals surface area contributed by atoms with Crippen molar-refractivity contribution in [3.05, 3.63) is 40.7 Å². The van der Waals surface area contributed by atoms with Gasteiger partial charge in [-0.1, -0.05) is 11.6 Å². The summed E-state index contributed by atoms with van der Waals surface area (Å²) in [4.78, 5) is 14.7. The molecule has 0 amide bonds. The van der Waals surface area contributed by atoms with Crippen LogP contribution in [0.25, 0.3) is 0 Å². The van der Waals surface area contributed by atoms with E-state index in [2.05, 4.69) is 4.98 Å². The van der Waals surface area contributed by atoms with Gasteiger partial charge < -0.3 is 9.52 Å². The van der Waals surface area contributed by atoms with E-state index in [-0.39, 0.29) is 10.8 Å². The van der Waals surface area contributed by atoms with E-state index in [9.17, 15) is 4.79 Å². The molecule has 0 atom stereocenters. The van der Waals surface area contributed by atoms with Crippen molar-refractivity contribution < 1.29 is 14.3 Å². The Kier molecular flexibility index (Phi) is 3.55. The normalized spacial score (nSPS) is 10.0. The SMILES string of the molecule is N#Cc1ccnc(Sc2ccc(C(=O)O)o2)c1Cl. The molecule has 18 heavy (non-hydrogen) atoms. The second-order valence-corrected chi connectivity index (χ2v) is 4.49. The van der Waals surface area contributed by atoms with Crippen LogP contribution in [0.2, 0.25) is 5.02 Å². The van der Waals surface area contributed by atoms with Gasteiger partial charge in [-0.3, -0.25) is 0 Å². The summed E-state index contributed by atoms with van der Waals surface area (Å²) in [6, 6.07) is 6.28. The van der Waals surface area contributed by atoms with Crippen molar-refractivity contribution >= 4 is 29.3 Å². The monoisotopic (exact) mass is 280 g/mol. The Morgan fingerprint density at radius 2 is 2.28 bits per heavy atom. The number of halogens is 1. The van der Waals surface area contributed by atoms with Gasteiger partial charge in [-0.2, -0.15) is 5.26 Å². The largest absolute Gasteiger partial charge is 0.475 e. The van der Waals surface area contributed by atoms with Gasteiger partial charge in [0.05, 0.1) is 10.6 Å². The zero-order valence-electron chi connectivity index (χ0n) is 8.75. The van der Waals surface area contributed by atoms with E-state index in [1.54, 1.807) is 0 Å². The smallest absolute Gasteiger partial charge is 0.371 e. The lowest BCUT2D eigenvalue weighted by Crippen LogP contribution is -1.91. The van der Waals surface area contributed by atoms with Gasteiger partial charge in [0.2, 0.25) is 5.76 Å². The highest BCUT2D eigenvalue weighted by Gasteiger charge is 2.13. The predicted octanol–water partition coefficient (Wildman–Crippen LogP) is 3.05. The second kappa shape index (κ2) is 5.12. The average Bonchev–Trinajstić information content (AvgIpc) is 2.80. The summed E-state index contributed by atoms with van der Waals surface area (Å²) in [6.45, 7) is 0. The van der Waals surface area contributed by atoms with Crippen LogP contribution in [0, 0.1) is 11.3 Å². The topological polar surface area (TPSA) is 87.1 Å². The van der Waals surface area contributed by atoms with Gasteiger partial charge in [0, 0.05) is 6.20 Å². The summed E-state index contributed by atoms with van der Waals surface area (Å²) in [5.74, 6) is -1.31. The first-order valence-corrected chi connectivity index (χ1v) is 5.87. The molecule has 2 aromatic heterocycles. The van der Waals surface area contributed by atoms with Crippen LogP contribution in [0.5, 0.6) is 0 Å². The van der Waals surface area contributed by atoms with Crippen LogP contribution < -0.4 is 0 Å². The van der Waals surface area contributed by atoms with E-state index in [0.29, 0.717) is 15.7 Å². The van der Waals surface area contributed by atoms with E-state index in [4.69, 9.17) is 26.4 Å². The Hall–Kier alpha value is -1.97. The highest BCUT2D eigenvalue weighted by Crippen LogP contribution is 2.33. The molecule has 2 aromatic rings. The Labute approximate surface area is 111 Å². The molecule has 0 saturated heterocycles. The maximum Gasteiger partial charge on any atom is 0.371 e. The second-order valence-electron chi connectivity index (χ2n) is 3.12. The molecular formula is C11H5ClN2O3S. The molecule has 7 heteroatoms. The number of hydrogen-bond acceptors (Lipinski definition) is 5. The minimum absolute atomic E-state index is 0.162. The van der Waals surface area contributed by atoms with Crippen molar-refractivity contribution in [3.8, 4) is 6.07 Å². The Morgan fingerprint density at radius 1 is 1.50 bits per heavy atom. The van der Waals surface area contributed by atoms with Crippen LogP contribution in [0.1, 0.15) is 16.1 Å². The number of carboxylic acid groups (broad SMARTS) is 1. The van der Waals surface area contributed by atoms with Gasteiger partial charge in [-0.05, 0) is 30.0 Å². The molecule has 0 saturated carbocycles. The van der Waals surface area contributed by atoms with E-state index >= 15 is 0 Å². The van der Waals surface area contributed by atoms with E-state index < -0.39 is 5.97 Å². The van der Waals surface area contributed by atoms with Gasteiger partial charge in [-0.25, -0.2) is 9.78 Å². The first-order chi connectivity index (χ1) is 8.61. The number of pyridine rings is 1. The highest BCUT2D eigenvalue weighted by atomic mass is 35.5. The summed E-state index contributed by atoms with van der Waals surface area (Å²) < 4.78 is 5.06. The quantitative estimate of drug-likeness (QED) is 0.930. The zero-order chi connectivity index (χ0) is 13.1. The van der Waals surface area contributed by atoms with Gasteiger partial charge in [-0.15, -0.1) is 0 Å². The number of nitriles is 1. The average molecular weight is 281 g/mol. The molecule has 0 radical (unpaired) electrons. The number of aromatic carboxylic acids is 1. The van der Waals surface area contributed by atoms with Crippen molar-refractivity contribution in [2.24, 2.45) is 0 Å². The van der Waals surface area contributed by atoms with Crippen molar-refractivity contribution in [3.63, 3.8) is 0 Å². The van der Waals surface area contributed by atoms with E-state index in [1.807, 2.05) is 6.07 Å². The van der Waals surface area contributed by atoms with Crippen LogP contribution in [0.4, 0.5) is 0 Å². The molecule has 0 unspecified atom stereocenters. The molecule has 5 nitrogen and oxygen atoms in total. The van der Waals surface area contributed by atoms with Gasteiger partial charge in [0.15, 0.2) is 5.09 Å². The Balaban J connectivity index is 2.29. The third kappa shape index (κ3) is 2.47. The molecule has 2 rings (SSSR count). The third-order valence-electron chi connectivity index (χ3n) is 1.97. The maximum absolute atomic E-state index is 10.6. The summed E-state index contributed by atoms with van der Waals surface area (Å²) >= 11 is 7.02. The lowest BCUT2D eigenvalue weighted by atomic mass is 10.3. The Bertz CT molecular complexity index is 648. The third-order valence-corrected chi connectivity index (χ3v) is 3.39. The minimum Gasteiger partial charge on any atom is -0.475 e. The predicted molar refractivity (Wildman–Crippen MR) is 63.8 cm³/mol. The van der Waals surface area contributed by atoms with Crippen LogP contribution in [-0.2, 0) is 0 Å². The standard InChI is InChI=1S/C11H5ClN2O3S/c12-9-6(5-13)3-4-14-10(9)18-8-2-1-7(17-8)11(15)16/h1-4H,(H,15,16). The molecule has 0 aliphatic heterocycles. The number of furan rings is 1. The van der Waals surface area contributed by atoms with Crippen molar-refractivity contribution in [2.75, 3.05) is 0 Å². The van der Waals surface area contributed by atoms with Crippen LogP contribution >= 0.6 is 23.4 Å². The van der Waals surface area contributed by atoms with Gasteiger partial charge in [0.1, 0.15) is 11.1 Å². The van der Waals surface area contributed by atoms with Crippen molar-refractivity contribution in [2.45, 2.75) is 10.1 Å². The number of aromatic nitrogens is 1. The zero-order valence-corrected chi connectivity index (χ0v) is 10.3. The molecule has 0 aromatic carbocycles. The van der Waals surface area contributed by atoms with Crippen LogP contribution in [-0.4, -0.2) is 16.1 Å². The molecular weight excluding hydrogens is 276 g/mol. The molecule has 2 heterocycles. The Morgan fingerprint density at radius 3 is 2.89 bits per heavy atom. The fraction of sp³-hybridized carbons (Fsp3) is 0. The van der Waals surface area contributed by atoms with Gasteiger partial charge in [0.25, 0.3) is 0 Å². The molecule has 0 aliphatic carbocycles. The number of nitrogens with zero attached hydrogens (tertiary/aromatic N) is 2. The number of hydrogen-bond donors (Lipinski definition) is 1. The van der Waals surface area contributed by atoms with Crippen LogP contribution in [0.15, 0.2) is 38.9 Å². The molecule has 0 bridgehead atoms. The first kappa shape index (κ1) is 12.5. The molecule has 0 spiro atoms. The van der Waals surface area contributed by atoms with Crippen molar-refractivity contribution in [1.82, 2.24) is 4.98 Å². The lowest BCUT2D eigenvalue weighted by molar-refractivity contribution is 0.0656. The molecule has 1 N–H and O–H groups in total. The maximum atomic E-state index is 10.6. The summed E-state index contributed by atoms with van der Waals surface area (Å²) in [7, 11) is 0. The van der Waals surface area contributed by atoms with E-state index in [1.165, 1.54) is 24.4 Å². The van der Waals surface area contributed by atoms with E-state index in [0.717, 1.165) is 11.8 Å². The fourth-order valence-corrected chi connectivity index (χ4v) is 2.21. The lowest BCUT2D eigenvalue weighted by Gasteiger charge is -2.01. The van der Waals surface area contributed by atoms with Crippen LogP contribution in [0.3, 0.4) is 0 Å². The molecule has 0 aliphatic rings. The summed E-state index contributed by atoms with van der Waals surface area (Å²) in [5.41, 5.74) is 0.305.